The van der Waals surface area contributed by atoms with Crippen LogP contribution in [0.2, 0.25) is 0 Å². The molecule has 1 aliphatic heterocycles. The number of hydrogen-bond acceptors (Lipinski definition) is 8. The van der Waals surface area contributed by atoms with Crippen LogP contribution in [0, 0.1) is 10.1 Å². The molecule has 2 aromatic rings. The van der Waals surface area contributed by atoms with E-state index >= 15 is 0 Å². The fraction of sp³-hybridized carbons (Fsp3) is 0.143. The molecule has 0 aromatic heterocycles. The molecule has 0 fully saturated rings. The Labute approximate surface area is 142 Å². The van der Waals surface area contributed by atoms with Crippen molar-refractivity contribution in [3.63, 3.8) is 0 Å². The van der Waals surface area contributed by atoms with Crippen molar-refractivity contribution in [3.05, 3.63) is 64.2 Å². The summed E-state index contributed by atoms with van der Waals surface area (Å²) in [5.74, 6) is 0.562. The van der Waals surface area contributed by atoms with Crippen molar-refractivity contribution < 1.29 is 23.8 Å². The van der Waals surface area contributed by atoms with Gasteiger partial charge in [0.25, 0.3) is 0 Å². The van der Waals surface area contributed by atoms with Crippen molar-refractivity contribution in [2.45, 2.75) is 6.10 Å². The predicted molar refractivity (Wildman–Crippen MR) is 89.1 cm³/mol. The average Bonchev–Trinajstić information content (AvgIpc) is 2.87. The van der Waals surface area contributed by atoms with E-state index < -0.39 is 18.1 Å². The zero-order valence-electron chi connectivity index (χ0n) is 12.3. The van der Waals surface area contributed by atoms with E-state index in [4.69, 9.17) is 13.9 Å². The number of nitrogens with one attached hydrogen (secondary N) is 1. The second-order valence-electron chi connectivity index (χ2n) is 4.99. The Bertz CT molecular complexity index is 720. The van der Waals surface area contributed by atoms with E-state index in [1.165, 1.54) is 0 Å². The van der Waals surface area contributed by atoms with Gasteiger partial charge >= 0.3 is 7.12 Å². The van der Waals surface area contributed by atoms with Gasteiger partial charge in [0.15, 0.2) is 18.0 Å². The van der Waals surface area contributed by atoms with E-state index in [1.807, 2.05) is 18.2 Å². The topological polar surface area (TPSA) is 103 Å². The zero-order valence-corrected chi connectivity index (χ0v) is 13.1. The second-order valence-corrected chi connectivity index (χ2v) is 5.49. The molecule has 1 heterocycles. The highest BCUT2D eigenvalue weighted by atomic mass is 32.2. The molecule has 1 atom stereocenters. The molecule has 0 aliphatic carbocycles. The molecular formula is C14H13BN2O6S. The molecule has 8 nitrogen and oxygen atoms in total. The minimum Gasteiger partial charge on any atom is -0.423 e. The van der Waals surface area contributed by atoms with Crippen LogP contribution < -0.4 is 15.1 Å². The summed E-state index contributed by atoms with van der Waals surface area (Å²) in [6, 6.07) is 14.0. The van der Waals surface area contributed by atoms with E-state index in [-0.39, 0.29) is 6.54 Å². The molecule has 124 valence electrons. The number of benzene rings is 2. The monoisotopic (exact) mass is 348 g/mol. The minimum atomic E-state index is -1.18. The van der Waals surface area contributed by atoms with E-state index in [1.54, 1.807) is 30.3 Å². The fourth-order valence-corrected chi connectivity index (χ4v) is 2.69. The third-order valence-corrected chi connectivity index (χ3v) is 3.83. The molecule has 1 aliphatic rings. The van der Waals surface area contributed by atoms with Gasteiger partial charge in [0.1, 0.15) is 6.10 Å². The molecule has 24 heavy (non-hydrogen) atoms. The SMILES string of the molecule is O=[N+]([O-])CC1OB(O)c2cc(NSOOc3ccccc3)ccc21. The molecule has 0 bridgehead atoms. The highest BCUT2D eigenvalue weighted by Gasteiger charge is 2.37. The number of rotatable bonds is 7. The first-order valence-electron chi connectivity index (χ1n) is 7.04. The maximum absolute atomic E-state index is 10.6. The molecule has 0 radical (unpaired) electrons. The third-order valence-electron chi connectivity index (χ3n) is 3.37. The maximum Gasteiger partial charge on any atom is 0.492 e. The summed E-state index contributed by atoms with van der Waals surface area (Å²) in [5, 5.41) is 20.5. The van der Waals surface area contributed by atoms with Crippen molar-refractivity contribution in [1.82, 2.24) is 0 Å². The lowest BCUT2D eigenvalue weighted by molar-refractivity contribution is -0.490. The van der Waals surface area contributed by atoms with Crippen molar-refractivity contribution >= 4 is 30.5 Å². The standard InChI is InChI=1S/C14H13BN2O6S/c18-15-13-8-10(6-7-12(13)14(21-15)9-17(19)20)16-24-23-22-11-4-2-1-3-5-11/h1-8,14,16,18H,9H2. The van der Waals surface area contributed by atoms with Gasteiger partial charge in [-0.2, -0.15) is 0 Å². The average molecular weight is 348 g/mol. The molecule has 0 saturated carbocycles. The highest BCUT2D eigenvalue weighted by molar-refractivity contribution is 7.95. The Morgan fingerprint density at radius 3 is 2.88 bits per heavy atom. The van der Waals surface area contributed by atoms with Gasteiger partial charge in [-0.1, -0.05) is 28.6 Å². The first kappa shape index (κ1) is 16.6. The summed E-state index contributed by atoms with van der Waals surface area (Å²) in [5.41, 5.74) is 1.74. The van der Waals surface area contributed by atoms with E-state index in [0.29, 0.717) is 22.5 Å². The van der Waals surface area contributed by atoms with Gasteiger partial charge in [0, 0.05) is 10.6 Å². The van der Waals surface area contributed by atoms with Crippen LogP contribution in [-0.2, 0) is 8.99 Å². The van der Waals surface area contributed by atoms with E-state index in [0.717, 1.165) is 12.2 Å². The Balaban J connectivity index is 1.56. The van der Waals surface area contributed by atoms with Crippen molar-refractivity contribution in [3.8, 4) is 5.75 Å². The van der Waals surface area contributed by atoms with Gasteiger partial charge in [-0.05, 0) is 35.3 Å². The number of nitrogens with zero attached hydrogens (tertiary/aromatic N) is 1. The summed E-state index contributed by atoms with van der Waals surface area (Å²) in [6.45, 7) is -0.389. The molecule has 10 heteroatoms. The quantitative estimate of drug-likeness (QED) is 0.148. The van der Waals surface area contributed by atoms with Gasteiger partial charge in [-0.3, -0.25) is 10.1 Å². The van der Waals surface area contributed by atoms with Gasteiger partial charge in [-0.25, -0.2) is 0 Å². The maximum atomic E-state index is 10.6. The summed E-state index contributed by atoms with van der Waals surface area (Å²) in [4.78, 5) is 15.2. The van der Waals surface area contributed by atoms with Gasteiger partial charge in [-0.15, -0.1) is 0 Å². The summed E-state index contributed by atoms with van der Waals surface area (Å²) >= 11 is 0.856. The van der Waals surface area contributed by atoms with E-state index in [9.17, 15) is 15.1 Å². The highest BCUT2D eigenvalue weighted by Crippen LogP contribution is 2.26. The zero-order chi connectivity index (χ0) is 16.9. The molecule has 0 saturated heterocycles. The van der Waals surface area contributed by atoms with Crippen LogP contribution in [0.4, 0.5) is 5.69 Å². The lowest BCUT2D eigenvalue weighted by Crippen LogP contribution is -2.28. The van der Waals surface area contributed by atoms with Crippen LogP contribution in [0.5, 0.6) is 5.75 Å². The minimum absolute atomic E-state index is 0.389. The van der Waals surface area contributed by atoms with Crippen LogP contribution in [0.15, 0.2) is 48.5 Å². The third kappa shape index (κ3) is 3.98. The summed E-state index contributed by atoms with van der Waals surface area (Å²) in [6.07, 6.45) is -0.746. The number of hydrogen-bond donors (Lipinski definition) is 2. The predicted octanol–water partition coefficient (Wildman–Crippen LogP) is 1.71. The van der Waals surface area contributed by atoms with Crippen LogP contribution in [-0.4, -0.2) is 23.6 Å². The number of nitro groups is 1. The number of anilines is 1. The van der Waals surface area contributed by atoms with Crippen LogP contribution in [0.25, 0.3) is 0 Å². The first-order valence-corrected chi connectivity index (χ1v) is 7.78. The molecule has 0 spiro atoms. The summed E-state index contributed by atoms with van der Waals surface area (Å²) in [7, 11) is -1.18. The summed E-state index contributed by atoms with van der Waals surface area (Å²) < 4.78 is 13.1. The van der Waals surface area contributed by atoms with Gasteiger partial charge in [0.2, 0.25) is 6.54 Å². The second kappa shape index (κ2) is 7.54. The lowest BCUT2D eigenvalue weighted by Gasteiger charge is -2.08. The molecule has 0 amide bonds. The van der Waals surface area contributed by atoms with Crippen LogP contribution >= 0.6 is 12.2 Å². The molecule has 3 rings (SSSR count). The van der Waals surface area contributed by atoms with Gasteiger partial charge in [0.05, 0.1) is 0 Å². The molecule has 1 unspecified atom stereocenters. The van der Waals surface area contributed by atoms with Crippen molar-refractivity contribution in [1.29, 1.82) is 0 Å². The van der Waals surface area contributed by atoms with Crippen molar-refractivity contribution in [2.24, 2.45) is 0 Å². The van der Waals surface area contributed by atoms with Gasteiger partial charge < -0.3 is 19.3 Å². The number of para-hydroxylation sites is 1. The Kier molecular flexibility index (Phi) is 5.21. The normalized spacial score (nSPS) is 15.9. The Morgan fingerprint density at radius 1 is 1.33 bits per heavy atom. The Morgan fingerprint density at radius 2 is 2.12 bits per heavy atom. The first-order chi connectivity index (χ1) is 11.6. The molecular weight excluding hydrogens is 335 g/mol. The fourth-order valence-electron chi connectivity index (χ4n) is 2.32. The van der Waals surface area contributed by atoms with Crippen LogP contribution in [0.1, 0.15) is 11.7 Å². The lowest BCUT2D eigenvalue weighted by atomic mass is 9.79. The molecule has 2 aromatic carbocycles. The van der Waals surface area contributed by atoms with Crippen molar-refractivity contribution in [2.75, 3.05) is 11.3 Å². The smallest absolute Gasteiger partial charge is 0.423 e. The van der Waals surface area contributed by atoms with E-state index in [2.05, 4.69) is 4.72 Å². The number of fused-ring (bicyclic) bond motifs is 1. The Hall–Kier alpha value is -2.27. The van der Waals surface area contributed by atoms with Crippen LogP contribution in [0.3, 0.4) is 0 Å². The largest absolute Gasteiger partial charge is 0.492 e. The molecule has 2 N–H and O–H groups in total.